The van der Waals surface area contributed by atoms with Gasteiger partial charge in [-0.2, -0.15) is 0 Å². The summed E-state index contributed by atoms with van der Waals surface area (Å²) in [5.41, 5.74) is -0.545. The quantitative estimate of drug-likeness (QED) is 0.867. The summed E-state index contributed by atoms with van der Waals surface area (Å²) in [6.07, 6.45) is 2.12. The van der Waals surface area contributed by atoms with E-state index in [0.29, 0.717) is 0 Å². The largest absolute Gasteiger partial charge is 0.480 e. The second-order valence-corrected chi connectivity index (χ2v) is 8.48. The van der Waals surface area contributed by atoms with Crippen molar-refractivity contribution in [3.8, 4) is 0 Å². The number of carbonyl (C=O) groups is 2. The van der Waals surface area contributed by atoms with E-state index < -0.39 is 28.4 Å². The number of ether oxygens (including phenoxy) is 1. The Hall–Kier alpha value is -1.89. The van der Waals surface area contributed by atoms with E-state index in [1.807, 2.05) is 30.3 Å². The van der Waals surface area contributed by atoms with Crippen molar-refractivity contribution in [2.24, 2.45) is 0 Å². The van der Waals surface area contributed by atoms with E-state index in [-0.39, 0.29) is 29.9 Å². The molecule has 2 atom stereocenters. The van der Waals surface area contributed by atoms with Crippen LogP contribution in [0.3, 0.4) is 0 Å². The maximum Gasteiger partial charge on any atom is 0.408 e. The second-order valence-electron chi connectivity index (χ2n) is 6.49. The SMILES string of the molecule is O=C(NC1(C(=O)O)CC2CCCC(C1)S2=O)OCc1ccccc1. The number of hydrogen-bond acceptors (Lipinski definition) is 4. The average Bonchev–Trinajstić information content (AvgIpc) is 2.55. The topological polar surface area (TPSA) is 92.7 Å². The van der Waals surface area contributed by atoms with E-state index in [0.717, 1.165) is 24.8 Å². The Morgan fingerprint density at radius 3 is 2.42 bits per heavy atom. The molecule has 7 heteroatoms. The molecule has 0 radical (unpaired) electrons. The summed E-state index contributed by atoms with van der Waals surface area (Å²) in [5, 5.41) is 11.9. The van der Waals surface area contributed by atoms with Gasteiger partial charge < -0.3 is 15.2 Å². The fraction of sp³-hybridized carbons (Fsp3) is 0.529. The Labute approximate surface area is 143 Å². The van der Waals surface area contributed by atoms with Crippen molar-refractivity contribution in [3.63, 3.8) is 0 Å². The Morgan fingerprint density at radius 1 is 1.21 bits per heavy atom. The van der Waals surface area contributed by atoms with Crippen LogP contribution < -0.4 is 5.32 Å². The van der Waals surface area contributed by atoms with Gasteiger partial charge in [0.1, 0.15) is 12.1 Å². The molecule has 2 saturated heterocycles. The van der Waals surface area contributed by atoms with Crippen LogP contribution in [0, 0.1) is 0 Å². The first kappa shape index (κ1) is 17.0. The van der Waals surface area contributed by atoms with Crippen molar-refractivity contribution >= 4 is 22.9 Å². The number of nitrogens with one attached hydrogen (secondary N) is 1. The lowest BCUT2D eigenvalue weighted by atomic mass is 9.82. The van der Waals surface area contributed by atoms with Crippen LogP contribution in [0.5, 0.6) is 0 Å². The number of fused-ring (bicyclic) bond motifs is 2. The van der Waals surface area contributed by atoms with Gasteiger partial charge in [0.25, 0.3) is 0 Å². The second kappa shape index (κ2) is 6.93. The number of carboxylic acid groups (broad SMARTS) is 1. The third kappa shape index (κ3) is 3.45. The molecule has 1 aromatic rings. The van der Waals surface area contributed by atoms with E-state index in [1.54, 1.807) is 0 Å². The van der Waals surface area contributed by atoms with E-state index in [9.17, 15) is 18.9 Å². The van der Waals surface area contributed by atoms with Crippen LogP contribution in [-0.4, -0.2) is 37.4 Å². The molecule has 0 saturated carbocycles. The van der Waals surface area contributed by atoms with Crippen LogP contribution in [0.4, 0.5) is 4.79 Å². The molecular formula is C17H21NO5S. The third-order valence-electron chi connectivity index (χ3n) is 4.83. The first-order valence-corrected chi connectivity index (χ1v) is 9.39. The normalized spacial score (nSPS) is 31.9. The van der Waals surface area contributed by atoms with Gasteiger partial charge in [-0.1, -0.05) is 36.8 Å². The molecule has 0 aromatic heterocycles. The number of carboxylic acids is 1. The standard InChI is InChI=1S/C17H21NO5S/c19-15(20)17(9-13-7-4-8-14(10-17)24(13)22)18-16(21)23-11-12-5-2-1-3-6-12/h1-3,5-6,13-14H,4,7-11H2,(H,18,21)(H,19,20). The highest BCUT2D eigenvalue weighted by Crippen LogP contribution is 2.39. The lowest BCUT2D eigenvalue weighted by Crippen LogP contribution is -2.62. The van der Waals surface area contributed by atoms with Gasteiger partial charge in [-0.3, -0.25) is 4.21 Å². The fourth-order valence-corrected chi connectivity index (χ4v) is 5.83. The lowest BCUT2D eigenvalue weighted by molar-refractivity contribution is -0.145. The molecule has 0 aliphatic carbocycles. The van der Waals surface area contributed by atoms with Crippen molar-refractivity contribution in [1.82, 2.24) is 5.32 Å². The predicted octanol–water partition coefficient (Wildman–Crippen LogP) is 2.20. The van der Waals surface area contributed by atoms with Gasteiger partial charge in [0.05, 0.1) is 0 Å². The molecule has 2 bridgehead atoms. The highest BCUT2D eigenvalue weighted by molar-refractivity contribution is 7.86. The van der Waals surface area contributed by atoms with Gasteiger partial charge in [-0.15, -0.1) is 0 Å². The maximum absolute atomic E-state index is 12.3. The smallest absolute Gasteiger partial charge is 0.408 e. The molecule has 2 aliphatic rings. The Kier molecular flexibility index (Phi) is 4.89. The van der Waals surface area contributed by atoms with Crippen LogP contribution in [0.15, 0.2) is 30.3 Å². The lowest BCUT2D eigenvalue weighted by Gasteiger charge is -2.43. The number of rotatable bonds is 4. The van der Waals surface area contributed by atoms with Crippen LogP contribution in [0.2, 0.25) is 0 Å². The van der Waals surface area contributed by atoms with Crippen LogP contribution in [0.25, 0.3) is 0 Å². The molecule has 1 amide bonds. The molecule has 0 spiro atoms. The summed E-state index contributed by atoms with van der Waals surface area (Å²) in [7, 11) is -1.00. The number of alkyl carbamates (subject to hydrolysis) is 1. The van der Waals surface area contributed by atoms with Crippen LogP contribution >= 0.6 is 0 Å². The zero-order chi connectivity index (χ0) is 17.2. The summed E-state index contributed by atoms with van der Waals surface area (Å²) in [4.78, 5) is 24.0. The average molecular weight is 351 g/mol. The number of aliphatic carboxylic acids is 1. The van der Waals surface area contributed by atoms with E-state index in [2.05, 4.69) is 5.32 Å². The number of hydrogen-bond donors (Lipinski definition) is 2. The number of benzene rings is 1. The summed E-state index contributed by atoms with van der Waals surface area (Å²) >= 11 is 0. The van der Waals surface area contributed by atoms with Gasteiger partial charge in [0.15, 0.2) is 0 Å². The first-order valence-electron chi connectivity index (χ1n) is 8.12. The highest BCUT2D eigenvalue weighted by atomic mass is 32.2. The number of amides is 1. The van der Waals surface area contributed by atoms with E-state index in [4.69, 9.17) is 4.74 Å². The van der Waals surface area contributed by atoms with Gasteiger partial charge in [0.2, 0.25) is 0 Å². The summed E-state index contributed by atoms with van der Waals surface area (Å²) in [6, 6.07) is 9.20. The first-order chi connectivity index (χ1) is 11.5. The fourth-order valence-electron chi connectivity index (χ4n) is 3.59. The Balaban J connectivity index is 1.67. The minimum atomic E-state index is -1.38. The van der Waals surface area contributed by atoms with E-state index in [1.165, 1.54) is 0 Å². The molecule has 2 heterocycles. The molecule has 2 aliphatic heterocycles. The summed E-state index contributed by atoms with van der Waals surface area (Å²) in [6.45, 7) is 0.0845. The van der Waals surface area contributed by atoms with E-state index >= 15 is 0 Å². The number of carbonyl (C=O) groups excluding carboxylic acids is 1. The maximum atomic E-state index is 12.3. The summed E-state index contributed by atoms with van der Waals surface area (Å²) < 4.78 is 17.5. The van der Waals surface area contributed by atoms with Crippen molar-refractivity contribution < 1.29 is 23.6 Å². The molecule has 2 N–H and O–H groups in total. The molecule has 130 valence electrons. The summed E-state index contributed by atoms with van der Waals surface area (Å²) in [5.74, 6) is -1.08. The predicted molar refractivity (Wildman–Crippen MR) is 88.9 cm³/mol. The molecule has 1 aromatic carbocycles. The monoisotopic (exact) mass is 351 g/mol. The molecule has 6 nitrogen and oxygen atoms in total. The highest BCUT2D eigenvalue weighted by Gasteiger charge is 2.52. The van der Waals surface area contributed by atoms with Crippen molar-refractivity contribution in [2.45, 2.75) is 54.7 Å². The third-order valence-corrected chi connectivity index (χ3v) is 6.94. The Morgan fingerprint density at radius 2 is 1.83 bits per heavy atom. The van der Waals surface area contributed by atoms with Crippen molar-refractivity contribution in [1.29, 1.82) is 0 Å². The van der Waals surface area contributed by atoms with Gasteiger partial charge in [0, 0.05) is 21.3 Å². The van der Waals surface area contributed by atoms with Crippen LogP contribution in [-0.2, 0) is 26.9 Å². The zero-order valence-electron chi connectivity index (χ0n) is 13.3. The molecular weight excluding hydrogens is 330 g/mol. The Bertz CT molecular complexity index is 632. The van der Waals surface area contributed by atoms with Gasteiger partial charge in [-0.05, 0) is 31.2 Å². The van der Waals surface area contributed by atoms with Crippen molar-refractivity contribution in [2.75, 3.05) is 0 Å². The molecule has 2 fully saturated rings. The molecule has 24 heavy (non-hydrogen) atoms. The minimum absolute atomic E-state index is 0.0845. The van der Waals surface area contributed by atoms with Gasteiger partial charge in [-0.25, -0.2) is 9.59 Å². The molecule has 2 unspecified atom stereocenters. The molecule has 3 rings (SSSR count). The van der Waals surface area contributed by atoms with Crippen molar-refractivity contribution in [3.05, 3.63) is 35.9 Å². The van der Waals surface area contributed by atoms with Crippen LogP contribution in [0.1, 0.15) is 37.7 Å². The minimum Gasteiger partial charge on any atom is -0.480 e. The van der Waals surface area contributed by atoms with Gasteiger partial charge >= 0.3 is 12.1 Å². The zero-order valence-corrected chi connectivity index (χ0v) is 14.1.